The highest BCUT2D eigenvalue weighted by Crippen LogP contribution is 2.41. The van der Waals surface area contributed by atoms with Crippen LogP contribution in [-0.2, 0) is 0 Å². The highest BCUT2D eigenvalue weighted by atomic mass is 15.0. The van der Waals surface area contributed by atoms with Gasteiger partial charge in [-0.05, 0) is 98.0 Å². The molecule has 0 atom stereocenters. The molecule has 2 heteroatoms. The molecule has 0 aliphatic heterocycles. The van der Waals surface area contributed by atoms with Crippen LogP contribution >= 0.6 is 0 Å². The molecule has 11 rings (SSSR count). The summed E-state index contributed by atoms with van der Waals surface area (Å²) in [7, 11) is 0. The molecule has 0 spiro atoms. The third-order valence-corrected chi connectivity index (χ3v) is 10.6. The molecule has 0 saturated carbocycles. The summed E-state index contributed by atoms with van der Waals surface area (Å²) < 4.78 is 4.91. The first kappa shape index (κ1) is 27.3. The maximum Gasteiger partial charge on any atom is 0.0548 e. The number of para-hydroxylation sites is 1. The van der Waals surface area contributed by atoms with Crippen molar-refractivity contribution in [3.63, 3.8) is 0 Å². The van der Waals surface area contributed by atoms with Crippen molar-refractivity contribution in [3.05, 3.63) is 182 Å². The van der Waals surface area contributed by atoms with Crippen LogP contribution in [0.5, 0.6) is 0 Å². The Balaban J connectivity index is 1.22. The Labute approximate surface area is 288 Å². The Morgan fingerprint density at radius 2 is 0.760 bits per heavy atom. The van der Waals surface area contributed by atoms with E-state index in [1.54, 1.807) is 0 Å². The Kier molecular flexibility index (Phi) is 5.70. The molecule has 0 amide bonds. The highest BCUT2D eigenvalue weighted by molar-refractivity contribution is 6.21. The molecule has 2 nitrogen and oxygen atoms in total. The van der Waals surface area contributed by atoms with Gasteiger partial charge in [-0.2, -0.15) is 0 Å². The molecule has 0 fully saturated rings. The lowest BCUT2D eigenvalue weighted by Gasteiger charge is -2.12. The van der Waals surface area contributed by atoms with Gasteiger partial charge in [0.05, 0.1) is 22.1 Å². The summed E-state index contributed by atoms with van der Waals surface area (Å²) in [5.41, 5.74) is 9.62. The van der Waals surface area contributed by atoms with E-state index in [2.05, 4.69) is 191 Å². The molecular formula is C48H30N2. The maximum absolute atomic E-state index is 2.48. The molecule has 0 aliphatic carbocycles. The summed E-state index contributed by atoms with van der Waals surface area (Å²) in [6.07, 6.45) is 0. The topological polar surface area (TPSA) is 9.86 Å². The van der Waals surface area contributed by atoms with E-state index in [9.17, 15) is 0 Å². The molecule has 9 aromatic carbocycles. The zero-order chi connectivity index (χ0) is 32.8. The van der Waals surface area contributed by atoms with Crippen molar-refractivity contribution in [3.8, 4) is 22.5 Å². The summed E-state index contributed by atoms with van der Waals surface area (Å²) >= 11 is 0. The smallest absolute Gasteiger partial charge is 0.0548 e. The van der Waals surface area contributed by atoms with E-state index in [0.717, 1.165) is 5.69 Å². The third-order valence-electron chi connectivity index (χ3n) is 10.6. The zero-order valence-electron chi connectivity index (χ0n) is 27.2. The quantitative estimate of drug-likeness (QED) is 0.171. The van der Waals surface area contributed by atoms with Crippen LogP contribution in [0.3, 0.4) is 0 Å². The van der Waals surface area contributed by atoms with Crippen LogP contribution in [0.25, 0.3) is 98.4 Å². The largest absolute Gasteiger partial charge is 0.309 e. The second-order valence-electron chi connectivity index (χ2n) is 13.4. The van der Waals surface area contributed by atoms with Crippen LogP contribution in [0.2, 0.25) is 0 Å². The fraction of sp³-hybridized carbons (Fsp3) is 0. The number of aromatic nitrogens is 2. The normalized spacial score (nSPS) is 12.0. The molecule has 0 bridgehead atoms. The van der Waals surface area contributed by atoms with Crippen molar-refractivity contribution in [2.75, 3.05) is 0 Å². The van der Waals surface area contributed by atoms with E-state index >= 15 is 0 Å². The summed E-state index contributed by atoms with van der Waals surface area (Å²) in [6, 6.07) is 66.9. The Morgan fingerprint density at radius 1 is 0.240 bits per heavy atom. The first-order valence-electron chi connectivity index (χ1n) is 17.3. The number of benzene rings is 9. The fourth-order valence-electron chi connectivity index (χ4n) is 8.29. The predicted octanol–water partition coefficient (Wildman–Crippen LogP) is 13.0. The molecule has 0 N–H and O–H groups in total. The van der Waals surface area contributed by atoms with Gasteiger partial charge in [-0.15, -0.1) is 0 Å². The third kappa shape index (κ3) is 3.96. The average Bonchev–Trinajstić information content (AvgIpc) is 3.67. The molecule has 0 aliphatic rings. The minimum absolute atomic E-state index is 1.16. The van der Waals surface area contributed by atoms with Crippen molar-refractivity contribution in [1.29, 1.82) is 0 Å². The second kappa shape index (κ2) is 10.4. The Morgan fingerprint density at radius 3 is 1.56 bits per heavy atom. The van der Waals surface area contributed by atoms with Gasteiger partial charge in [0, 0.05) is 32.9 Å². The van der Waals surface area contributed by atoms with E-state index < -0.39 is 0 Å². The molecule has 11 aromatic rings. The van der Waals surface area contributed by atoms with Crippen molar-refractivity contribution in [2.45, 2.75) is 0 Å². The van der Waals surface area contributed by atoms with Gasteiger partial charge in [-0.3, -0.25) is 0 Å². The van der Waals surface area contributed by atoms with Crippen LogP contribution < -0.4 is 0 Å². The summed E-state index contributed by atoms with van der Waals surface area (Å²) in [5, 5.41) is 12.6. The molecule has 0 unspecified atom stereocenters. The average molecular weight is 635 g/mol. The van der Waals surface area contributed by atoms with Gasteiger partial charge in [-0.25, -0.2) is 0 Å². The van der Waals surface area contributed by atoms with Crippen LogP contribution in [0, 0.1) is 0 Å². The van der Waals surface area contributed by atoms with Crippen molar-refractivity contribution >= 4 is 75.9 Å². The molecule has 2 heterocycles. The SMILES string of the molecule is c1ccc(-c2ccc(-n3c4ccccc4c4cc5c(cc43)c3cc4ccccc4cc3n5-c3ccc4c(ccc5ccccc54)c3)cc2)cc1. The maximum atomic E-state index is 2.48. The number of hydrogen-bond acceptors (Lipinski definition) is 0. The van der Waals surface area contributed by atoms with Gasteiger partial charge in [-0.1, -0.05) is 127 Å². The van der Waals surface area contributed by atoms with Gasteiger partial charge in [0.1, 0.15) is 0 Å². The van der Waals surface area contributed by atoms with E-state index in [-0.39, 0.29) is 0 Å². The van der Waals surface area contributed by atoms with Crippen LogP contribution in [0.4, 0.5) is 0 Å². The van der Waals surface area contributed by atoms with Crippen molar-refractivity contribution in [1.82, 2.24) is 9.13 Å². The van der Waals surface area contributed by atoms with Gasteiger partial charge in [0.2, 0.25) is 0 Å². The van der Waals surface area contributed by atoms with E-state index in [0.29, 0.717) is 0 Å². The lowest BCUT2D eigenvalue weighted by molar-refractivity contribution is 1.18. The molecule has 50 heavy (non-hydrogen) atoms. The summed E-state index contributed by atoms with van der Waals surface area (Å²) in [5.74, 6) is 0. The Hall–Kier alpha value is -6.64. The predicted molar refractivity (Wildman–Crippen MR) is 213 cm³/mol. The molecule has 0 saturated heterocycles. The van der Waals surface area contributed by atoms with E-state index in [1.165, 1.54) is 92.7 Å². The monoisotopic (exact) mass is 634 g/mol. The fourth-order valence-corrected chi connectivity index (χ4v) is 8.29. The molecule has 2 aromatic heterocycles. The molecule has 0 radical (unpaired) electrons. The van der Waals surface area contributed by atoms with Crippen LogP contribution in [-0.4, -0.2) is 9.13 Å². The van der Waals surface area contributed by atoms with Gasteiger partial charge in [0.15, 0.2) is 0 Å². The summed E-state index contributed by atoms with van der Waals surface area (Å²) in [6.45, 7) is 0. The Bertz CT molecular complexity index is 3120. The van der Waals surface area contributed by atoms with Gasteiger partial charge < -0.3 is 9.13 Å². The molecular weight excluding hydrogens is 605 g/mol. The van der Waals surface area contributed by atoms with Crippen molar-refractivity contribution in [2.24, 2.45) is 0 Å². The lowest BCUT2D eigenvalue weighted by atomic mass is 10.0. The number of rotatable bonds is 3. The minimum atomic E-state index is 1.16. The summed E-state index contributed by atoms with van der Waals surface area (Å²) in [4.78, 5) is 0. The van der Waals surface area contributed by atoms with Gasteiger partial charge >= 0.3 is 0 Å². The first-order chi connectivity index (χ1) is 24.8. The number of nitrogens with zero attached hydrogens (tertiary/aromatic N) is 2. The van der Waals surface area contributed by atoms with E-state index in [4.69, 9.17) is 0 Å². The van der Waals surface area contributed by atoms with Gasteiger partial charge in [0.25, 0.3) is 0 Å². The van der Waals surface area contributed by atoms with Crippen molar-refractivity contribution < 1.29 is 0 Å². The minimum Gasteiger partial charge on any atom is -0.309 e. The van der Waals surface area contributed by atoms with Crippen LogP contribution in [0.1, 0.15) is 0 Å². The number of fused-ring (bicyclic) bond motifs is 10. The zero-order valence-corrected chi connectivity index (χ0v) is 27.2. The lowest BCUT2D eigenvalue weighted by Crippen LogP contribution is -1.95. The highest BCUT2D eigenvalue weighted by Gasteiger charge is 2.19. The first-order valence-corrected chi connectivity index (χ1v) is 17.3. The second-order valence-corrected chi connectivity index (χ2v) is 13.4. The van der Waals surface area contributed by atoms with Crippen LogP contribution in [0.15, 0.2) is 182 Å². The standard InChI is InChI=1S/C48H30N2/c1-2-10-31(11-3-1)32-20-22-37(23-21-32)49-45-17-9-8-16-41(45)43-29-48-44(30-47(43)49)42-27-34-13-4-5-14-35(34)28-46(42)50(48)38-24-25-40-36(26-38)19-18-33-12-6-7-15-39(33)40/h1-30H. The van der Waals surface area contributed by atoms with E-state index in [1.807, 2.05) is 0 Å². The number of hydrogen-bond donors (Lipinski definition) is 0. The molecule has 232 valence electrons.